The first-order valence-corrected chi connectivity index (χ1v) is 9.46. The Balaban J connectivity index is 1.69. The predicted molar refractivity (Wildman–Crippen MR) is 100 cm³/mol. The second-order valence-electron chi connectivity index (χ2n) is 6.52. The van der Waals surface area contributed by atoms with Gasteiger partial charge in [0.2, 0.25) is 5.91 Å². The van der Waals surface area contributed by atoms with Crippen LogP contribution in [0.3, 0.4) is 0 Å². The number of hydrogen-bond acceptors (Lipinski definition) is 3. The molecule has 0 aliphatic heterocycles. The lowest BCUT2D eigenvalue weighted by atomic mass is 9.91. The summed E-state index contributed by atoms with van der Waals surface area (Å²) >= 11 is 1.77. The van der Waals surface area contributed by atoms with Gasteiger partial charge in [0.1, 0.15) is 0 Å². The number of fused-ring (bicyclic) bond motifs is 1. The normalized spacial score (nSPS) is 18.1. The Morgan fingerprint density at radius 3 is 2.83 bits per heavy atom. The minimum Gasteiger partial charge on any atom is -0.322 e. The van der Waals surface area contributed by atoms with Crippen LogP contribution in [0.25, 0.3) is 0 Å². The van der Waals surface area contributed by atoms with Crippen molar-refractivity contribution in [1.29, 1.82) is 0 Å². The van der Waals surface area contributed by atoms with Gasteiger partial charge in [-0.1, -0.05) is 24.3 Å². The van der Waals surface area contributed by atoms with Crippen molar-refractivity contribution in [3.63, 3.8) is 0 Å². The van der Waals surface area contributed by atoms with Crippen molar-refractivity contribution in [1.82, 2.24) is 9.78 Å². The van der Waals surface area contributed by atoms with Crippen molar-refractivity contribution in [3.05, 3.63) is 46.8 Å². The molecule has 1 heterocycles. The molecule has 1 aromatic heterocycles. The largest absolute Gasteiger partial charge is 0.322 e. The SMILES string of the molecule is Cc1nn(C)c(C)c1NC(=O)[C@@H](C)S[C@H]1CCCc2ccccc21. The minimum atomic E-state index is -0.0971. The van der Waals surface area contributed by atoms with E-state index in [2.05, 4.69) is 34.7 Å². The lowest BCUT2D eigenvalue weighted by Crippen LogP contribution is -2.24. The molecule has 1 aromatic carbocycles. The lowest BCUT2D eigenvalue weighted by Gasteiger charge is -2.27. The van der Waals surface area contributed by atoms with Gasteiger partial charge in [-0.3, -0.25) is 9.48 Å². The molecule has 1 aliphatic rings. The quantitative estimate of drug-likeness (QED) is 0.906. The third-order valence-electron chi connectivity index (χ3n) is 4.81. The highest BCUT2D eigenvalue weighted by Gasteiger charge is 2.26. The van der Waals surface area contributed by atoms with Gasteiger partial charge in [-0.2, -0.15) is 5.10 Å². The Kier molecular flexibility index (Phi) is 4.99. The molecule has 1 aliphatic carbocycles. The minimum absolute atomic E-state index is 0.0576. The van der Waals surface area contributed by atoms with E-state index in [-0.39, 0.29) is 11.2 Å². The Hall–Kier alpha value is -1.75. The molecule has 0 saturated carbocycles. The van der Waals surface area contributed by atoms with Crippen LogP contribution in [-0.4, -0.2) is 20.9 Å². The molecule has 0 bridgehead atoms. The average molecular weight is 343 g/mol. The standard InChI is InChI=1S/C19H25N3OS/c1-12-18(13(2)22(4)21-12)20-19(23)14(3)24-17-11-7-9-15-8-5-6-10-16(15)17/h5-6,8,10,14,17H,7,9,11H2,1-4H3,(H,20,23)/t14-,17+/m1/s1. The number of anilines is 1. The van der Waals surface area contributed by atoms with Gasteiger partial charge >= 0.3 is 0 Å². The molecule has 3 rings (SSSR count). The van der Waals surface area contributed by atoms with Crippen LogP contribution in [-0.2, 0) is 18.3 Å². The second-order valence-corrected chi connectivity index (χ2v) is 8.06. The Morgan fingerprint density at radius 2 is 2.12 bits per heavy atom. The highest BCUT2D eigenvalue weighted by Crippen LogP contribution is 2.41. The molecule has 2 aromatic rings. The molecule has 0 saturated heterocycles. The first-order valence-electron chi connectivity index (χ1n) is 8.51. The topological polar surface area (TPSA) is 46.9 Å². The smallest absolute Gasteiger partial charge is 0.237 e. The molecule has 0 unspecified atom stereocenters. The summed E-state index contributed by atoms with van der Waals surface area (Å²) in [6.45, 7) is 5.90. The summed E-state index contributed by atoms with van der Waals surface area (Å²) in [4.78, 5) is 12.6. The number of nitrogens with zero attached hydrogens (tertiary/aromatic N) is 2. The maximum absolute atomic E-state index is 12.6. The molecule has 0 radical (unpaired) electrons. The van der Waals surface area contributed by atoms with Crippen LogP contribution in [0.1, 0.15) is 47.5 Å². The van der Waals surface area contributed by atoms with Gasteiger partial charge in [-0.25, -0.2) is 0 Å². The van der Waals surface area contributed by atoms with Crippen molar-refractivity contribution in [2.24, 2.45) is 7.05 Å². The van der Waals surface area contributed by atoms with E-state index in [0.29, 0.717) is 5.25 Å². The Bertz CT molecular complexity index is 753. The average Bonchev–Trinajstić information content (AvgIpc) is 2.81. The summed E-state index contributed by atoms with van der Waals surface area (Å²) in [6.07, 6.45) is 3.50. The summed E-state index contributed by atoms with van der Waals surface area (Å²) in [5.41, 5.74) is 5.54. The van der Waals surface area contributed by atoms with Crippen LogP contribution in [0.5, 0.6) is 0 Å². The Morgan fingerprint density at radius 1 is 1.38 bits per heavy atom. The molecular weight excluding hydrogens is 318 g/mol. The molecule has 0 fully saturated rings. The van der Waals surface area contributed by atoms with E-state index in [1.807, 2.05) is 27.8 Å². The number of thioether (sulfide) groups is 1. The lowest BCUT2D eigenvalue weighted by molar-refractivity contribution is -0.115. The van der Waals surface area contributed by atoms with E-state index in [1.165, 1.54) is 17.5 Å². The zero-order valence-corrected chi connectivity index (χ0v) is 15.6. The molecule has 4 nitrogen and oxygen atoms in total. The van der Waals surface area contributed by atoms with E-state index in [1.54, 1.807) is 16.4 Å². The fraction of sp³-hybridized carbons (Fsp3) is 0.474. The van der Waals surface area contributed by atoms with E-state index >= 15 is 0 Å². The molecule has 2 atom stereocenters. The van der Waals surface area contributed by atoms with Crippen molar-refractivity contribution >= 4 is 23.4 Å². The maximum Gasteiger partial charge on any atom is 0.237 e. The van der Waals surface area contributed by atoms with Gasteiger partial charge in [0, 0.05) is 12.3 Å². The summed E-state index contributed by atoms with van der Waals surface area (Å²) in [7, 11) is 1.90. The zero-order chi connectivity index (χ0) is 17.3. The predicted octanol–water partition coefficient (Wildman–Crippen LogP) is 4.17. The van der Waals surface area contributed by atoms with E-state index in [4.69, 9.17) is 0 Å². The number of nitrogens with one attached hydrogen (secondary N) is 1. The summed E-state index contributed by atoms with van der Waals surface area (Å²) in [5.74, 6) is 0.0576. The van der Waals surface area contributed by atoms with Gasteiger partial charge < -0.3 is 5.32 Å². The number of hydrogen-bond donors (Lipinski definition) is 1. The number of rotatable bonds is 4. The van der Waals surface area contributed by atoms with Crippen molar-refractivity contribution in [2.45, 2.75) is 50.5 Å². The van der Waals surface area contributed by atoms with Crippen LogP contribution in [0.4, 0.5) is 5.69 Å². The van der Waals surface area contributed by atoms with Crippen LogP contribution in [0, 0.1) is 13.8 Å². The molecule has 5 heteroatoms. The monoisotopic (exact) mass is 343 g/mol. The first kappa shape index (κ1) is 17.1. The van der Waals surface area contributed by atoms with E-state index < -0.39 is 0 Å². The molecule has 1 N–H and O–H groups in total. The third-order valence-corrected chi connectivity index (χ3v) is 6.25. The van der Waals surface area contributed by atoms with Crippen LogP contribution in [0.2, 0.25) is 0 Å². The molecule has 128 valence electrons. The number of aromatic nitrogens is 2. The number of carbonyl (C=O) groups excluding carboxylic acids is 1. The summed E-state index contributed by atoms with van der Waals surface area (Å²) in [6, 6.07) is 8.64. The highest BCUT2D eigenvalue weighted by atomic mass is 32.2. The van der Waals surface area contributed by atoms with Gasteiger partial charge in [0.15, 0.2) is 0 Å². The first-order chi connectivity index (χ1) is 11.5. The number of aryl methyl sites for hydroxylation is 3. The van der Waals surface area contributed by atoms with Crippen molar-refractivity contribution in [3.8, 4) is 0 Å². The fourth-order valence-corrected chi connectivity index (χ4v) is 4.69. The van der Waals surface area contributed by atoms with Crippen LogP contribution < -0.4 is 5.32 Å². The molecule has 0 spiro atoms. The zero-order valence-electron chi connectivity index (χ0n) is 14.8. The molecular formula is C19H25N3OS. The number of carbonyl (C=O) groups is 1. The van der Waals surface area contributed by atoms with Gasteiger partial charge in [0.05, 0.1) is 22.3 Å². The third kappa shape index (κ3) is 3.36. The highest BCUT2D eigenvalue weighted by molar-refractivity contribution is 8.00. The summed E-state index contributed by atoms with van der Waals surface area (Å²) in [5, 5.41) is 7.75. The molecule has 1 amide bonds. The Labute approximate surface area is 148 Å². The van der Waals surface area contributed by atoms with Crippen LogP contribution in [0.15, 0.2) is 24.3 Å². The van der Waals surface area contributed by atoms with Gasteiger partial charge in [0.25, 0.3) is 0 Å². The summed E-state index contributed by atoms with van der Waals surface area (Å²) < 4.78 is 1.81. The maximum atomic E-state index is 12.6. The number of benzene rings is 1. The van der Waals surface area contributed by atoms with Gasteiger partial charge in [-0.15, -0.1) is 11.8 Å². The molecule has 24 heavy (non-hydrogen) atoms. The van der Waals surface area contributed by atoms with Gasteiger partial charge in [-0.05, 0) is 51.2 Å². The fourth-order valence-electron chi connectivity index (χ4n) is 3.34. The van der Waals surface area contributed by atoms with E-state index in [0.717, 1.165) is 29.9 Å². The second kappa shape index (κ2) is 7.01. The number of amides is 1. The van der Waals surface area contributed by atoms with E-state index in [9.17, 15) is 4.79 Å². The van der Waals surface area contributed by atoms with Crippen molar-refractivity contribution < 1.29 is 4.79 Å². The van der Waals surface area contributed by atoms with Crippen LogP contribution >= 0.6 is 11.8 Å². The van der Waals surface area contributed by atoms with Crippen molar-refractivity contribution in [2.75, 3.05) is 5.32 Å².